The van der Waals surface area contributed by atoms with Gasteiger partial charge in [0, 0.05) is 45.2 Å². The normalized spacial score (nSPS) is 24.2. The van der Waals surface area contributed by atoms with Crippen LogP contribution < -0.4 is 16.1 Å². The predicted molar refractivity (Wildman–Crippen MR) is 182 cm³/mol. The van der Waals surface area contributed by atoms with Crippen LogP contribution in [0.1, 0.15) is 64.1 Å². The van der Waals surface area contributed by atoms with Crippen LogP contribution in [0.15, 0.2) is 77.6 Å². The highest BCUT2D eigenvalue weighted by Gasteiger charge is 2.56. The number of hydrogen-bond donors (Lipinski definition) is 2. The summed E-state index contributed by atoms with van der Waals surface area (Å²) in [5.74, 6) is 0.235. The van der Waals surface area contributed by atoms with E-state index >= 15 is 0 Å². The van der Waals surface area contributed by atoms with Crippen molar-refractivity contribution < 1.29 is 19.1 Å². The fourth-order valence-electron chi connectivity index (χ4n) is 8.68. The highest BCUT2D eigenvalue weighted by molar-refractivity contribution is 6.31. The molecule has 8 rings (SSSR count). The Labute approximate surface area is 282 Å². The monoisotopic (exact) mass is 671 g/mol. The van der Waals surface area contributed by atoms with Crippen LogP contribution in [0.25, 0.3) is 16.6 Å². The van der Waals surface area contributed by atoms with Crippen LogP contribution >= 0.6 is 23.2 Å². The fraction of sp³-hybridized carbons (Fsp3) is 0.351. The van der Waals surface area contributed by atoms with Gasteiger partial charge < -0.3 is 19.9 Å². The van der Waals surface area contributed by atoms with Crippen molar-refractivity contribution in [2.24, 2.45) is 17.8 Å². The molecular formula is C37H35Cl2N3O5. The second-order valence-corrected chi connectivity index (χ2v) is 14.0. The van der Waals surface area contributed by atoms with Gasteiger partial charge >= 0.3 is 5.97 Å². The molecule has 0 radical (unpaired) electrons. The third-order valence-electron chi connectivity index (χ3n) is 10.3. The largest absolute Gasteiger partial charge is 0.464 e. The number of nitrogens with zero attached hydrogens (tertiary/aromatic N) is 1. The van der Waals surface area contributed by atoms with Crippen molar-refractivity contribution in [1.29, 1.82) is 0 Å². The highest BCUT2D eigenvalue weighted by Crippen LogP contribution is 2.55. The van der Waals surface area contributed by atoms with E-state index in [1.165, 1.54) is 7.11 Å². The number of halogens is 2. The maximum absolute atomic E-state index is 13.9. The first-order chi connectivity index (χ1) is 22.7. The van der Waals surface area contributed by atoms with Gasteiger partial charge in [-0.15, -0.1) is 11.6 Å². The second-order valence-electron chi connectivity index (χ2n) is 13.3. The average Bonchev–Trinajstić information content (AvgIpc) is 3.07. The molecule has 8 nitrogen and oxygen atoms in total. The lowest BCUT2D eigenvalue weighted by Crippen LogP contribution is -2.66. The summed E-state index contributed by atoms with van der Waals surface area (Å²) in [4.78, 5) is 52.9. The van der Waals surface area contributed by atoms with E-state index in [4.69, 9.17) is 27.9 Å². The van der Waals surface area contributed by atoms with Gasteiger partial charge in [-0.3, -0.25) is 14.4 Å². The molecule has 4 aliphatic rings. The smallest absolute Gasteiger partial charge is 0.355 e. The van der Waals surface area contributed by atoms with Crippen molar-refractivity contribution in [1.82, 2.24) is 15.2 Å². The summed E-state index contributed by atoms with van der Waals surface area (Å²) >= 11 is 12.1. The molecule has 1 aromatic heterocycles. The summed E-state index contributed by atoms with van der Waals surface area (Å²) < 4.78 is 6.92. The van der Waals surface area contributed by atoms with Crippen molar-refractivity contribution in [2.75, 3.05) is 13.0 Å². The molecule has 4 aromatic rings. The summed E-state index contributed by atoms with van der Waals surface area (Å²) in [6.07, 6.45) is 4.96. The maximum atomic E-state index is 13.9. The zero-order valence-corrected chi connectivity index (χ0v) is 27.4. The number of hydrogen-bond acceptors (Lipinski definition) is 5. The van der Waals surface area contributed by atoms with Crippen LogP contribution in [0.5, 0.6) is 0 Å². The molecule has 0 spiro atoms. The van der Waals surface area contributed by atoms with E-state index in [-0.39, 0.29) is 52.4 Å². The Hall–Kier alpha value is -4.14. The van der Waals surface area contributed by atoms with Crippen molar-refractivity contribution in [3.05, 3.63) is 110 Å². The zero-order valence-electron chi connectivity index (χ0n) is 25.9. The van der Waals surface area contributed by atoms with Gasteiger partial charge in [-0.1, -0.05) is 41.9 Å². The number of nitrogens with one attached hydrogen (secondary N) is 2. The zero-order chi connectivity index (χ0) is 32.9. The molecule has 2 N–H and O–H groups in total. The quantitative estimate of drug-likeness (QED) is 0.175. The Morgan fingerprint density at radius 2 is 1.66 bits per heavy atom. The number of fused-ring (bicyclic) bond motifs is 1. The van der Waals surface area contributed by atoms with E-state index in [2.05, 4.69) is 10.6 Å². The van der Waals surface area contributed by atoms with Crippen LogP contribution in [0.2, 0.25) is 5.02 Å². The van der Waals surface area contributed by atoms with Gasteiger partial charge in [0.1, 0.15) is 11.6 Å². The first-order valence-electron chi connectivity index (χ1n) is 16.0. The molecule has 10 heteroatoms. The molecule has 47 heavy (non-hydrogen) atoms. The van der Waals surface area contributed by atoms with Crippen molar-refractivity contribution in [3.8, 4) is 5.69 Å². The van der Waals surface area contributed by atoms with Gasteiger partial charge in [0.05, 0.1) is 12.6 Å². The summed E-state index contributed by atoms with van der Waals surface area (Å²) in [5.41, 5.74) is 2.40. The molecule has 242 valence electrons. The van der Waals surface area contributed by atoms with E-state index in [1.807, 2.05) is 42.5 Å². The standard InChI is InChI=1S/C37H35Cl2N3O5/c1-47-36(46)33-29(34(44)28-12-11-26(39)16-30(28)42(33)27-5-3-2-4-6-27)15-21-7-9-23(10-8-21)35(45)40-32-24-13-22-14-25(32)19-37(17-22,18-24)41-31(43)20-38/h2-12,16,22,24-25,32H,13-15,17-20H2,1H3,(H,40,45)(H,41,43)/t22-,24+,25-,32-,37-. The topological polar surface area (TPSA) is 106 Å². The lowest BCUT2D eigenvalue weighted by atomic mass is 9.51. The fourth-order valence-corrected chi connectivity index (χ4v) is 8.92. The summed E-state index contributed by atoms with van der Waals surface area (Å²) in [6.45, 7) is 0. The first kappa shape index (κ1) is 31.5. The van der Waals surface area contributed by atoms with E-state index in [0.717, 1.165) is 37.7 Å². The Morgan fingerprint density at radius 1 is 0.957 bits per heavy atom. The number of benzene rings is 3. The molecule has 4 saturated carbocycles. The molecular weight excluding hydrogens is 637 g/mol. The van der Waals surface area contributed by atoms with Crippen LogP contribution in [0.4, 0.5) is 0 Å². The molecule has 4 fully saturated rings. The van der Waals surface area contributed by atoms with Gasteiger partial charge in [0.15, 0.2) is 5.43 Å². The van der Waals surface area contributed by atoms with Crippen molar-refractivity contribution in [2.45, 2.75) is 50.1 Å². The minimum absolute atomic E-state index is 0.0409. The molecule has 5 atom stereocenters. The van der Waals surface area contributed by atoms with Gasteiger partial charge in [-0.05, 0) is 97.9 Å². The van der Waals surface area contributed by atoms with E-state index in [0.29, 0.717) is 44.9 Å². The Kier molecular flexibility index (Phi) is 8.35. The number of para-hydroxylation sites is 1. The number of carbonyl (C=O) groups is 3. The predicted octanol–water partition coefficient (Wildman–Crippen LogP) is 6.05. The van der Waals surface area contributed by atoms with Gasteiger partial charge in [-0.2, -0.15) is 0 Å². The number of carbonyl (C=O) groups excluding carboxylic acids is 3. The summed E-state index contributed by atoms with van der Waals surface area (Å²) in [7, 11) is 1.29. The lowest BCUT2D eigenvalue weighted by Gasteiger charge is -2.60. The number of aromatic nitrogens is 1. The van der Waals surface area contributed by atoms with Crippen LogP contribution in [-0.4, -0.2) is 46.9 Å². The van der Waals surface area contributed by atoms with Gasteiger partial charge in [-0.25, -0.2) is 4.79 Å². The minimum atomic E-state index is -0.640. The number of esters is 1. The van der Waals surface area contributed by atoms with E-state index < -0.39 is 5.97 Å². The van der Waals surface area contributed by atoms with Crippen LogP contribution in [-0.2, 0) is 16.0 Å². The molecule has 0 saturated heterocycles. The van der Waals surface area contributed by atoms with Crippen molar-refractivity contribution in [3.63, 3.8) is 0 Å². The SMILES string of the molecule is COC(=O)c1c(Cc2ccc(C(=O)N[C@H]3[C@@H]4C[C@H]5C[C@H]3C[C@](NC(=O)CCl)(C5)C4)cc2)c(=O)c2ccc(Cl)cc2n1-c1ccccc1. The Morgan fingerprint density at radius 3 is 2.32 bits per heavy atom. The van der Waals surface area contributed by atoms with Crippen LogP contribution in [0, 0.1) is 17.8 Å². The number of ether oxygens (including phenoxy) is 1. The molecule has 4 aliphatic carbocycles. The first-order valence-corrected chi connectivity index (χ1v) is 16.9. The van der Waals surface area contributed by atoms with Gasteiger partial charge in [0.25, 0.3) is 5.91 Å². The number of alkyl halides is 1. The molecule has 0 aliphatic heterocycles. The van der Waals surface area contributed by atoms with E-state index in [9.17, 15) is 19.2 Å². The average molecular weight is 673 g/mol. The maximum Gasteiger partial charge on any atom is 0.355 e. The molecule has 4 bridgehead atoms. The minimum Gasteiger partial charge on any atom is -0.464 e. The Bertz CT molecular complexity index is 1930. The second kappa shape index (κ2) is 12.5. The summed E-state index contributed by atoms with van der Waals surface area (Å²) in [6, 6.07) is 21.5. The Balaban J connectivity index is 1.16. The third kappa shape index (κ3) is 5.82. The van der Waals surface area contributed by atoms with E-state index in [1.54, 1.807) is 34.9 Å². The number of pyridine rings is 1. The third-order valence-corrected chi connectivity index (χ3v) is 10.8. The number of amides is 2. The lowest BCUT2D eigenvalue weighted by molar-refractivity contribution is -0.125. The summed E-state index contributed by atoms with van der Waals surface area (Å²) in [5, 5.41) is 7.39. The number of methoxy groups -OCH3 is 1. The van der Waals surface area contributed by atoms with Gasteiger partial charge in [0.2, 0.25) is 5.91 Å². The molecule has 2 amide bonds. The molecule has 0 unspecified atom stereocenters. The number of rotatable bonds is 8. The molecule has 1 heterocycles. The molecule has 3 aromatic carbocycles. The van der Waals surface area contributed by atoms with Crippen molar-refractivity contribution >= 4 is 51.9 Å². The highest BCUT2D eigenvalue weighted by atomic mass is 35.5. The van der Waals surface area contributed by atoms with Crippen LogP contribution in [0.3, 0.4) is 0 Å².